The first-order chi connectivity index (χ1) is 10.1. The van der Waals surface area contributed by atoms with Crippen LogP contribution < -0.4 is 10.9 Å². The third-order valence-electron chi connectivity index (χ3n) is 4.65. The molecule has 0 aromatic heterocycles. The predicted octanol–water partition coefficient (Wildman–Crippen LogP) is 2.30. The zero-order chi connectivity index (χ0) is 14.8. The van der Waals surface area contributed by atoms with E-state index < -0.39 is 0 Å². The number of nitrogens with zero attached hydrogens (tertiary/aromatic N) is 1. The molecule has 2 aliphatic heterocycles. The molecule has 5 heteroatoms. The number of piperidine rings is 1. The minimum Gasteiger partial charge on any atom is -0.338 e. The molecule has 1 amide bonds. The molecule has 0 radical (unpaired) electrons. The first-order valence-corrected chi connectivity index (χ1v) is 8.06. The fourth-order valence-electron chi connectivity index (χ4n) is 3.45. The zero-order valence-electron chi connectivity index (χ0n) is 12.3. The second-order valence-corrected chi connectivity index (χ2v) is 6.63. The Hall–Kier alpha value is -1.10. The molecule has 3 atom stereocenters. The van der Waals surface area contributed by atoms with Gasteiger partial charge in [0.2, 0.25) is 0 Å². The third-order valence-corrected chi connectivity index (χ3v) is 4.90. The number of halogens is 1. The topological polar surface area (TPSA) is 44.4 Å². The maximum atomic E-state index is 12.6. The van der Waals surface area contributed by atoms with E-state index in [9.17, 15) is 4.79 Å². The van der Waals surface area contributed by atoms with Crippen molar-refractivity contribution < 1.29 is 4.79 Å². The molecule has 1 aromatic rings. The summed E-state index contributed by atoms with van der Waals surface area (Å²) >= 11 is 5.89. The number of nitrogens with one attached hydrogen (secondary N) is 2. The monoisotopic (exact) mass is 307 g/mol. The van der Waals surface area contributed by atoms with Crippen molar-refractivity contribution in [3.8, 4) is 0 Å². The Labute approximate surface area is 130 Å². The summed E-state index contributed by atoms with van der Waals surface area (Å²) in [5.41, 5.74) is 7.34. The van der Waals surface area contributed by atoms with Crippen molar-refractivity contribution in [3.05, 3.63) is 34.9 Å². The Balaban J connectivity index is 1.68. The fourth-order valence-corrected chi connectivity index (χ4v) is 3.58. The van der Waals surface area contributed by atoms with Gasteiger partial charge in [0.05, 0.1) is 0 Å². The SMILES string of the molecule is CC1CNNC1C1CCCN(C(=O)c2ccc(Cl)cc2)C1. The molecule has 2 saturated heterocycles. The largest absolute Gasteiger partial charge is 0.338 e. The smallest absolute Gasteiger partial charge is 0.253 e. The zero-order valence-corrected chi connectivity index (χ0v) is 13.1. The molecule has 3 rings (SSSR count). The molecule has 0 saturated carbocycles. The summed E-state index contributed by atoms with van der Waals surface area (Å²) < 4.78 is 0. The van der Waals surface area contributed by atoms with E-state index in [2.05, 4.69) is 17.8 Å². The van der Waals surface area contributed by atoms with Crippen LogP contribution in [0.25, 0.3) is 0 Å². The highest BCUT2D eigenvalue weighted by atomic mass is 35.5. The molecule has 2 heterocycles. The van der Waals surface area contributed by atoms with Crippen molar-refractivity contribution in [3.63, 3.8) is 0 Å². The van der Waals surface area contributed by atoms with E-state index in [4.69, 9.17) is 11.6 Å². The molecule has 2 fully saturated rings. The molecule has 3 unspecified atom stereocenters. The molecular weight excluding hydrogens is 286 g/mol. The summed E-state index contributed by atoms with van der Waals surface area (Å²) in [6, 6.07) is 7.64. The molecule has 4 nitrogen and oxygen atoms in total. The van der Waals surface area contributed by atoms with Crippen molar-refractivity contribution >= 4 is 17.5 Å². The molecule has 2 aliphatic rings. The van der Waals surface area contributed by atoms with Gasteiger partial charge < -0.3 is 4.90 Å². The van der Waals surface area contributed by atoms with Crippen LogP contribution in [0.1, 0.15) is 30.1 Å². The van der Waals surface area contributed by atoms with Crippen LogP contribution in [-0.2, 0) is 0 Å². The standard InChI is InChI=1S/C16H22ClN3O/c1-11-9-18-19-15(11)13-3-2-8-20(10-13)16(21)12-4-6-14(17)7-5-12/h4-7,11,13,15,18-19H,2-3,8-10H2,1H3. The minimum absolute atomic E-state index is 0.120. The van der Waals surface area contributed by atoms with Crippen LogP contribution >= 0.6 is 11.6 Å². The lowest BCUT2D eigenvalue weighted by atomic mass is 9.85. The molecular formula is C16H22ClN3O. The molecule has 21 heavy (non-hydrogen) atoms. The van der Waals surface area contributed by atoms with Gasteiger partial charge in [0.1, 0.15) is 0 Å². The number of carbonyl (C=O) groups excluding carboxylic acids is 1. The second-order valence-electron chi connectivity index (χ2n) is 6.19. The van der Waals surface area contributed by atoms with Crippen LogP contribution in [0.2, 0.25) is 5.02 Å². The Kier molecular flexibility index (Phi) is 4.48. The van der Waals surface area contributed by atoms with E-state index in [0.717, 1.165) is 31.6 Å². The van der Waals surface area contributed by atoms with Crippen molar-refractivity contribution in [1.82, 2.24) is 15.8 Å². The average molecular weight is 308 g/mol. The van der Waals surface area contributed by atoms with Crippen molar-refractivity contribution in [2.24, 2.45) is 11.8 Å². The third kappa shape index (κ3) is 3.23. The molecule has 0 aliphatic carbocycles. The van der Waals surface area contributed by atoms with Gasteiger partial charge >= 0.3 is 0 Å². The maximum Gasteiger partial charge on any atom is 0.253 e. The van der Waals surface area contributed by atoms with Gasteiger partial charge in [-0.2, -0.15) is 0 Å². The van der Waals surface area contributed by atoms with Gasteiger partial charge in [-0.15, -0.1) is 0 Å². The average Bonchev–Trinajstić information content (AvgIpc) is 2.94. The van der Waals surface area contributed by atoms with E-state index in [1.165, 1.54) is 6.42 Å². The number of carbonyl (C=O) groups is 1. The number of likely N-dealkylation sites (tertiary alicyclic amines) is 1. The summed E-state index contributed by atoms with van der Waals surface area (Å²) in [5.74, 6) is 1.26. The summed E-state index contributed by atoms with van der Waals surface area (Å²) in [6.07, 6.45) is 2.27. The first kappa shape index (κ1) is 14.8. The van der Waals surface area contributed by atoms with Gasteiger partial charge in [0.15, 0.2) is 0 Å². The summed E-state index contributed by atoms with van der Waals surface area (Å²) in [4.78, 5) is 14.6. The lowest BCUT2D eigenvalue weighted by Crippen LogP contribution is -2.48. The van der Waals surface area contributed by atoms with Gasteiger partial charge in [0, 0.05) is 36.3 Å². The summed E-state index contributed by atoms with van der Waals surface area (Å²) in [7, 11) is 0. The highest BCUT2D eigenvalue weighted by Crippen LogP contribution is 2.26. The Morgan fingerprint density at radius 1 is 1.33 bits per heavy atom. The van der Waals surface area contributed by atoms with Crippen LogP contribution in [0.15, 0.2) is 24.3 Å². The minimum atomic E-state index is 0.120. The normalized spacial score (nSPS) is 29.6. The van der Waals surface area contributed by atoms with E-state index in [0.29, 0.717) is 22.9 Å². The van der Waals surface area contributed by atoms with E-state index in [-0.39, 0.29) is 5.91 Å². The Morgan fingerprint density at radius 2 is 2.10 bits per heavy atom. The van der Waals surface area contributed by atoms with E-state index >= 15 is 0 Å². The molecule has 1 aromatic carbocycles. The second kappa shape index (κ2) is 6.34. The lowest BCUT2D eigenvalue weighted by Gasteiger charge is -2.36. The number of hydrogen-bond donors (Lipinski definition) is 2. The summed E-state index contributed by atoms with van der Waals surface area (Å²) in [5, 5.41) is 0.665. The van der Waals surface area contributed by atoms with Gasteiger partial charge in [-0.1, -0.05) is 18.5 Å². The Bertz CT molecular complexity index is 505. The van der Waals surface area contributed by atoms with Gasteiger partial charge in [-0.3, -0.25) is 15.6 Å². The Morgan fingerprint density at radius 3 is 2.76 bits per heavy atom. The van der Waals surface area contributed by atoms with E-state index in [1.807, 2.05) is 17.0 Å². The maximum absolute atomic E-state index is 12.6. The van der Waals surface area contributed by atoms with Crippen molar-refractivity contribution in [2.45, 2.75) is 25.8 Å². The van der Waals surface area contributed by atoms with E-state index in [1.54, 1.807) is 12.1 Å². The number of benzene rings is 1. The molecule has 0 spiro atoms. The highest BCUT2D eigenvalue weighted by Gasteiger charge is 2.34. The molecule has 0 bridgehead atoms. The highest BCUT2D eigenvalue weighted by molar-refractivity contribution is 6.30. The summed E-state index contributed by atoms with van der Waals surface area (Å²) in [6.45, 7) is 4.96. The number of amides is 1. The van der Waals surface area contributed by atoms with Gasteiger partial charge in [0.25, 0.3) is 5.91 Å². The van der Waals surface area contributed by atoms with Crippen molar-refractivity contribution in [2.75, 3.05) is 19.6 Å². The van der Waals surface area contributed by atoms with Crippen LogP contribution in [-0.4, -0.2) is 36.5 Å². The van der Waals surface area contributed by atoms with Crippen molar-refractivity contribution in [1.29, 1.82) is 0 Å². The number of hydrogen-bond acceptors (Lipinski definition) is 3. The van der Waals surface area contributed by atoms with Gasteiger partial charge in [-0.25, -0.2) is 0 Å². The van der Waals surface area contributed by atoms with Crippen LogP contribution in [0, 0.1) is 11.8 Å². The predicted molar refractivity (Wildman–Crippen MR) is 84.2 cm³/mol. The number of hydrazine groups is 1. The van der Waals surface area contributed by atoms with Crippen LogP contribution in [0.5, 0.6) is 0 Å². The molecule has 2 N–H and O–H groups in total. The van der Waals surface area contributed by atoms with Crippen LogP contribution in [0.4, 0.5) is 0 Å². The fraction of sp³-hybridized carbons (Fsp3) is 0.562. The van der Waals surface area contributed by atoms with Gasteiger partial charge in [-0.05, 0) is 48.9 Å². The van der Waals surface area contributed by atoms with Crippen LogP contribution in [0.3, 0.4) is 0 Å². The quantitative estimate of drug-likeness (QED) is 0.881. The molecule has 114 valence electrons. The number of rotatable bonds is 2. The lowest BCUT2D eigenvalue weighted by molar-refractivity contribution is 0.0637. The first-order valence-electron chi connectivity index (χ1n) is 7.68.